The fourth-order valence-corrected chi connectivity index (χ4v) is 4.99. The first-order valence-electron chi connectivity index (χ1n) is 12.2. The van der Waals surface area contributed by atoms with Crippen molar-refractivity contribution in [3.05, 3.63) is 70.3 Å². The summed E-state index contributed by atoms with van der Waals surface area (Å²) in [4.78, 5) is 24.5. The molecule has 8 nitrogen and oxygen atoms in total. The van der Waals surface area contributed by atoms with Crippen LogP contribution >= 0.6 is 0 Å². The molecule has 0 saturated heterocycles. The third-order valence-corrected chi connectivity index (χ3v) is 6.95. The summed E-state index contributed by atoms with van der Waals surface area (Å²) < 4.78 is 7.70. The van der Waals surface area contributed by atoms with E-state index >= 15 is 0 Å². The van der Waals surface area contributed by atoms with Crippen LogP contribution in [-0.2, 0) is 13.0 Å². The van der Waals surface area contributed by atoms with Crippen LogP contribution in [0.25, 0.3) is 0 Å². The number of nitrogens with one attached hydrogen (secondary N) is 1. The second-order valence-corrected chi connectivity index (χ2v) is 9.19. The molecule has 5 rings (SSSR count). The second kappa shape index (κ2) is 9.41. The maximum absolute atomic E-state index is 13.8. The molecule has 8 heteroatoms. The van der Waals surface area contributed by atoms with Crippen LogP contribution in [0, 0.1) is 11.3 Å². The van der Waals surface area contributed by atoms with Gasteiger partial charge < -0.3 is 19.5 Å². The largest absolute Gasteiger partial charge is 0.492 e. The summed E-state index contributed by atoms with van der Waals surface area (Å²) in [6.45, 7) is 5.63. The Morgan fingerprint density at radius 1 is 1.29 bits per heavy atom. The zero-order valence-corrected chi connectivity index (χ0v) is 20.4. The number of carbonyl (C=O) groups is 1. The zero-order valence-electron chi connectivity index (χ0n) is 20.4. The first-order chi connectivity index (χ1) is 17.0. The first kappa shape index (κ1) is 22.9. The molecule has 1 N–H and O–H groups in total. The van der Waals surface area contributed by atoms with Gasteiger partial charge in [0.25, 0.3) is 5.91 Å². The number of benzene rings is 1. The molecule has 1 fully saturated rings. The average molecular weight is 471 g/mol. The maximum Gasteiger partial charge on any atom is 0.254 e. The van der Waals surface area contributed by atoms with Crippen LogP contribution in [0.1, 0.15) is 77.0 Å². The molecule has 35 heavy (non-hydrogen) atoms. The third kappa shape index (κ3) is 4.34. The molecule has 0 radical (unpaired) electrons. The van der Waals surface area contributed by atoms with Gasteiger partial charge in [-0.05, 0) is 61.8 Å². The Morgan fingerprint density at radius 3 is 2.83 bits per heavy atom. The molecule has 1 unspecified atom stereocenters. The number of carbonyl (C=O) groups excluding carboxylic acids is 1. The van der Waals surface area contributed by atoms with Crippen molar-refractivity contribution < 1.29 is 9.53 Å². The first-order valence-corrected chi connectivity index (χ1v) is 12.2. The molecule has 2 aromatic heterocycles. The summed E-state index contributed by atoms with van der Waals surface area (Å²) in [5.74, 6) is 1.90. The molecule has 1 amide bonds. The molecule has 180 valence electrons. The topological polar surface area (TPSA) is 96.1 Å². The number of hydrogen-bond acceptors (Lipinski definition) is 6. The maximum atomic E-state index is 13.8. The fraction of sp³-hybridized carbons (Fsp3) is 0.407. The van der Waals surface area contributed by atoms with E-state index in [1.54, 1.807) is 12.3 Å². The number of imidazole rings is 1. The summed E-state index contributed by atoms with van der Waals surface area (Å²) in [5.41, 5.74) is 5.56. The molecule has 1 saturated carbocycles. The van der Waals surface area contributed by atoms with E-state index in [0.29, 0.717) is 36.9 Å². The molecule has 2 aliphatic rings. The van der Waals surface area contributed by atoms with Gasteiger partial charge in [0.2, 0.25) is 5.95 Å². The lowest BCUT2D eigenvalue weighted by Gasteiger charge is -2.35. The highest BCUT2D eigenvalue weighted by Crippen LogP contribution is 2.44. The number of amides is 1. The van der Waals surface area contributed by atoms with Crippen molar-refractivity contribution in [1.29, 1.82) is 5.26 Å². The van der Waals surface area contributed by atoms with Gasteiger partial charge >= 0.3 is 0 Å². The van der Waals surface area contributed by atoms with Crippen molar-refractivity contribution in [2.45, 2.75) is 51.6 Å². The van der Waals surface area contributed by atoms with E-state index in [9.17, 15) is 10.1 Å². The van der Waals surface area contributed by atoms with Gasteiger partial charge in [-0.2, -0.15) is 5.26 Å². The van der Waals surface area contributed by atoms with Crippen LogP contribution in [0.15, 0.2) is 36.8 Å². The summed E-state index contributed by atoms with van der Waals surface area (Å²) in [6.07, 6.45) is 8.47. The van der Waals surface area contributed by atoms with Crippen molar-refractivity contribution in [1.82, 2.24) is 19.4 Å². The molecule has 1 aliphatic heterocycles. The van der Waals surface area contributed by atoms with Crippen molar-refractivity contribution in [3.63, 3.8) is 0 Å². The van der Waals surface area contributed by atoms with E-state index < -0.39 is 0 Å². The van der Waals surface area contributed by atoms with Gasteiger partial charge in [0.05, 0.1) is 24.9 Å². The number of hydrogen-bond donors (Lipinski definition) is 1. The molecular formula is C27H30N6O2. The molecule has 1 atom stereocenters. The normalized spacial score (nSPS) is 15.9. The number of nitriles is 1. The van der Waals surface area contributed by atoms with E-state index in [1.807, 2.05) is 32.0 Å². The highest BCUT2D eigenvalue weighted by molar-refractivity contribution is 5.97. The van der Waals surface area contributed by atoms with Gasteiger partial charge in [0.1, 0.15) is 17.4 Å². The summed E-state index contributed by atoms with van der Waals surface area (Å²) >= 11 is 0. The predicted molar refractivity (Wildman–Crippen MR) is 133 cm³/mol. The molecule has 0 spiro atoms. The van der Waals surface area contributed by atoms with Crippen molar-refractivity contribution in [2.75, 3.05) is 25.5 Å². The predicted octanol–water partition coefficient (Wildman–Crippen LogP) is 4.28. The van der Waals surface area contributed by atoms with Crippen LogP contribution in [-0.4, -0.2) is 45.5 Å². The van der Waals surface area contributed by atoms with Crippen LogP contribution in [0.4, 0.5) is 5.95 Å². The summed E-state index contributed by atoms with van der Waals surface area (Å²) in [7, 11) is 1.86. The minimum absolute atomic E-state index is 0.0334. The molecule has 3 aromatic rings. The van der Waals surface area contributed by atoms with Gasteiger partial charge in [-0.15, -0.1) is 0 Å². The minimum atomic E-state index is -0.236. The lowest BCUT2D eigenvalue weighted by atomic mass is 9.88. The number of fused-ring (bicyclic) bond motifs is 1. The number of aromatic nitrogens is 3. The third-order valence-electron chi connectivity index (χ3n) is 6.95. The monoisotopic (exact) mass is 470 g/mol. The Morgan fingerprint density at radius 2 is 2.11 bits per heavy atom. The van der Waals surface area contributed by atoms with Gasteiger partial charge in [-0.1, -0.05) is 6.07 Å². The van der Waals surface area contributed by atoms with Crippen molar-refractivity contribution >= 4 is 11.9 Å². The Balaban J connectivity index is 1.47. The molecule has 0 bridgehead atoms. The van der Waals surface area contributed by atoms with Crippen LogP contribution < -0.4 is 10.1 Å². The number of ether oxygens (including phenoxy) is 1. The SMILES string of the molecule is CCOc1cc(C(C)N2CCc3c(cc(Cn4ccnc4NC)cc3C3CC3)C2=O)ncc1C#N. The van der Waals surface area contributed by atoms with Gasteiger partial charge in [0.15, 0.2) is 0 Å². The number of nitrogens with zero attached hydrogens (tertiary/aromatic N) is 5. The van der Waals surface area contributed by atoms with E-state index in [-0.39, 0.29) is 11.9 Å². The van der Waals surface area contributed by atoms with E-state index in [2.05, 4.69) is 38.1 Å². The van der Waals surface area contributed by atoms with E-state index in [0.717, 1.165) is 29.2 Å². The Labute approximate surface area is 205 Å². The zero-order chi connectivity index (χ0) is 24.5. The Hall–Kier alpha value is -3.86. The Kier molecular flexibility index (Phi) is 6.16. The molecule has 1 aliphatic carbocycles. The Bertz CT molecular complexity index is 1300. The second-order valence-electron chi connectivity index (χ2n) is 9.19. The van der Waals surface area contributed by atoms with Crippen molar-refractivity contribution in [3.8, 4) is 11.8 Å². The fourth-order valence-electron chi connectivity index (χ4n) is 4.99. The number of anilines is 1. The summed E-state index contributed by atoms with van der Waals surface area (Å²) in [6, 6.07) is 8.03. The minimum Gasteiger partial charge on any atom is -0.492 e. The van der Waals surface area contributed by atoms with Gasteiger partial charge in [-0.25, -0.2) is 4.98 Å². The lowest BCUT2D eigenvalue weighted by Crippen LogP contribution is -2.40. The highest BCUT2D eigenvalue weighted by atomic mass is 16.5. The van der Waals surface area contributed by atoms with Crippen molar-refractivity contribution in [2.24, 2.45) is 0 Å². The lowest BCUT2D eigenvalue weighted by molar-refractivity contribution is 0.0668. The van der Waals surface area contributed by atoms with Crippen LogP contribution in [0.5, 0.6) is 5.75 Å². The number of rotatable bonds is 8. The van der Waals surface area contributed by atoms with E-state index in [1.165, 1.54) is 30.2 Å². The highest BCUT2D eigenvalue weighted by Gasteiger charge is 2.35. The quantitative estimate of drug-likeness (QED) is 0.528. The van der Waals surface area contributed by atoms with Gasteiger partial charge in [0, 0.05) is 43.8 Å². The molecule has 1 aromatic carbocycles. The molecular weight excluding hydrogens is 440 g/mol. The average Bonchev–Trinajstić information content (AvgIpc) is 3.63. The number of pyridine rings is 1. The van der Waals surface area contributed by atoms with Crippen LogP contribution in [0.2, 0.25) is 0 Å². The summed E-state index contributed by atoms with van der Waals surface area (Å²) in [5, 5.41) is 12.5. The molecule has 3 heterocycles. The van der Waals surface area contributed by atoms with Gasteiger partial charge in [-0.3, -0.25) is 9.78 Å². The smallest absolute Gasteiger partial charge is 0.254 e. The van der Waals surface area contributed by atoms with Crippen LogP contribution in [0.3, 0.4) is 0 Å². The standard InChI is InChI=1S/C27H30N6O2/c1-4-35-25-13-24(31-15-20(25)14-28)17(2)33-9-7-21-22(19-5-6-19)11-18(12-23(21)26(33)34)16-32-10-8-30-27(32)29-3/h8,10-13,15,17,19H,4-7,9,16H2,1-3H3,(H,29,30). The van der Waals surface area contributed by atoms with E-state index in [4.69, 9.17) is 4.74 Å².